The Morgan fingerprint density at radius 1 is 1.33 bits per heavy atom. The summed E-state index contributed by atoms with van der Waals surface area (Å²) in [6, 6.07) is 7.97. The summed E-state index contributed by atoms with van der Waals surface area (Å²) in [4.78, 5) is 13.0. The van der Waals surface area contributed by atoms with Crippen molar-refractivity contribution >= 4 is 11.6 Å². The Hall–Kier alpha value is -1.55. The summed E-state index contributed by atoms with van der Waals surface area (Å²) >= 11 is 0. The van der Waals surface area contributed by atoms with E-state index in [9.17, 15) is 4.79 Å². The third kappa shape index (κ3) is 5.68. The Morgan fingerprint density at radius 2 is 2.11 bits per heavy atom. The molecule has 0 saturated heterocycles. The fourth-order valence-corrected chi connectivity index (χ4v) is 1.93. The van der Waals surface area contributed by atoms with Crippen molar-refractivity contribution < 1.29 is 4.79 Å². The summed E-state index contributed by atoms with van der Waals surface area (Å²) in [6.45, 7) is 5.02. The van der Waals surface area contributed by atoms with E-state index in [1.54, 1.807) is 0 Å². The average Bonchev–Trinajstić information content (AvgIpc) is 2.33. The molecular formula is C14H23N3O. The standard InChI is InChI=1S/C14H23N3O/c1-2-17(9-4-3-8-14(16)18)11-12-6-5-7-13(15)10-12/h5-7,10H,2-4,8-9,11,15H2,1H3,(H2,16,18). The minimum absolute atomic E-state index is 0.214. The number of carbonyl (C=O) groups is 1. The van der Waals surface area contributed by atoms with Crippen LogP contribution in [0.1, 0.15) is 31.7 Å². The lowest BCUT2D eigenvalue weighted by molar-refractivity contribution is -0.118. The van der Waals surface area contributed by atoms with E-state index in [-0.39, 0.29) is 5.91 Å². The second-order valence-corrected chi connectivity index (χ2v) is 4.54. The fraction of sp³-hybridized carbons (Fsp3) is 0.500. The highest BCUT2D eigenvalue weighted by atomic mass is 16.1. The maximum Gasteiger partial charge on any atom is 0.217 e. The number of rotatable bonds is 8. The number of primary amides is 1. The van der Waals surface area contributed by atoms with E-state index in [1.807, 2.05) is 18.2 Å². The molecule has 4 N–H and O–H groups in total. The number of unbranched alkanes of at least 4 members (excludes halogenated alkanes) is 1. The van der Waals surface area contributed by atoms with Crippen LogP contribution in [0.25, 0.3) is 0 Å². The molecule has 4 nitrogen and oxygen atoms in total. The second-order valence-electron chi connectivity index (χ2n) is 4.54. The van der Waals surface area contributed by atoms with Gasteiger partial charge in [-0.2, -0.15) is 0 Å². The summed E-state index contributed by atoms with van der Waals surface area (Å²) < 4.78 is 0. The highest BCUT2D eigenvalue weighted by Gasteiger charge is 2.04. The van der Waals surface area contributed by atoms with Crippen LogP contribution in [0.2, 0.25) is 0 Å². The molecule has 0 aliphatic carbocycles. The molecular weight excluding hydrogens is 226 g/mol. The van der Waals surface area contributed by atoms with Gasteiger partial charge in [-0.1, -0.05) is 19.1 Å². The van der Waals surface area contributed by atoms with Crippen LogP contribution in [0.15, 0.2) is 24.3 Å². The largest absolute Gasteiger partial charge is 0.399 e. The molecule has 0 aromatic heterocycles. The summed E-state index contributed by atoms with van der Waals surface area (Å²) in [5, 5.41) is 0. The topological polar surface area (TPSA) is 72.3 Å². The first-order valence-corrected chi connectivity index (χ1v) is 6.47. The molecule has 0 unspecified atom stereocenters. The zero-order valence-electron chi connectivity index (χ0n) is 11.1. The molecule has 0 atom stereocenters. The number of hydrogen-bond acceptors (Lipinski definition) is 3. The van der Waals surface area contributed by atoms with E-state index in [0.29, 0.717) is 6.42 Å². The number of benzene rings is 1. The zero-order chi connectivity index (χ0) is 13.4. The fourth-order valence-electron chi connectivity index (χ4n) is 1.93. The Balaban J connectivity index is 2.35. The second kappa shape index (κ2) is 7.71. The SMILES string of the molecule is CCN(CCCCC(N)=O)Cc1cccc(N)c1. The summed E-state index contributed by atoms with van der Waals surface area (Å²) in [6.07, 6.45) is 2.34. The molecule has 1 amide bonds. The smallest absolute Gasteiger partial charge is 0.217 e. The average molecular weight is 249 g/mol. The van der Waals surface area contributed by atoms with Gasteiger partial charge in [0.2, 0.25) is 5.91 Å². The van der Waals surface area contributed by atoms with Gasteiger partial charge in [0, 0.05) is 18.7 Å². The molecule has 0 aliphatic rings. The molecule has 0 heterocycles. The number of nitrogen functional groups attached to an aromatic ring is 1. The number of carbonyl (C=O) groups excluding carboxylic acids is 1. The molecule has 0 aliphatic heterocycles. The Morgan fingerprint density at radius 3 is 2.72 bits per heavy atom. The van der Waals surface area contributed by atoms with Gasteiger partial charge in [0.1, 0.15) is 0 Å². The molecule has 0 radical (unpaired) electrons. The number of amides is 1. The molecule has 0 fully saturated rings. The normalized spacial score (nSPS) is 10.8. The number of anilines is 1. The Labute approximate surface area is 109 Å². The lowest BCUT2D eigenvalue weighted by Crippen LogP contribution is -2.24. The van der Waals surface area contributed by atoms with E-state index < -0.39 is 0 Å². The van der Waals surface area contributed by atoms with Crippen LogP contribution in [0.3, 0.4) is 0 Å². The highest BCUT2D eigenvalue weighted by Crippen LogP contribution is 2.10. The van der Waals surface area contributed by atoms with Gasteiger partial charge < -0.3 is 11.5 Å². The van der Waals surface area contributed by atoms with Crippen molar-refractivity contribution in [1.29, 1.82) is 0 Å². The van der Waals surface area contributed by atoms with Gasteiger partial charge in [-0.05, 0) is 43.6 Å². The molecule has 1 aromatic rings. The molecule has 4 heteroatoms. The molecule has 0 bridgehead atoms. The lowest BCUT2D eigenvalue weighted by Gasteiger charge is -2.20. The van der Waals surface area contributed by atoms with Crippen molar-refractivity contribution in [3.8, 4) is 0 Å². The van der Waals surface area contributed by atoms with Crippen LogP contribution in [-0.2, 0) is 11.3 Å². The number of nitrogens with zero attached hydrogens (tertiary/aromatic N) is 1. The first-order chi connectivity index (χ1) is 8.61. The summed E-state index contributed by atoms with van der Waals surface area (Å²) in [7, 11) is 0. The third-order valence-corrected chi connectivity index (χ3v) is 2.95. The number of hydrogen-bond donors (Lipinski definition) is 2. The maximum absolute atomic E-state index is 10.6. The van der Waals surface area contributed by atoms with Crippen LogP contribution in [0.4, 0.5) is 5.69 Å². The molecule has 18 heavy (non-hydrogen) atoms. The van der Waals surface area contributed by atoms with Crippen molar-refractivity contribution in [2.75, 3.05) is 18.8 Å². The summed E-state index contributed by atoms with van der Waals surface area (Å²) in [5.74, 6) is -0.214. The predicted octanol–water partition coefficient (Wildman–Crippen LogP) is 1.75. The summed E-state index contributed by atoms with van der Waals surface area (Å²) in [5.41, 5.74) is 12.9. The van der Waals surface area contributed by atoms with Crippen molar-refractivity contribution in [3.63, 3.8) is 0 Å². The van der Waals surface area contributed by atoms with Crippen molar-refractivity contribution in [3.05, 3.63) is 29.8 Å². The van der Waals surface area contributed by atoms with Crippen LogP contribution < -0.4 is 11.5 Å². The Bertz CT molecular complexity index is 379. The third-order valence-electron chi connectivity index (χ3n) is 2.95. The van der Waals surface area contributed by atoms with E-state index in [2.05, 4.69) is 17.9 Å². The first-order valence-electron chi connectivity index (χ1n) is 6.47. The number of nitrogens with two attached hydrogens (primary N) is 2. The monoisotopic (exact) mass is 249 g/mol. The predicted molar refractivity (Wildman–Crippen MR) is 74.9 cm³/mol. The van der Waals surface area contributed by atoms with E-state index in [0.717, 1.165) is 38.2 Å². The van der Waals surface area contributed by atoms with Gasteiger partial charge in [-0.15, -0.1) is 0 Å². The minimum atomic E-state index is -0.214. The van der Waals surface area contributed by atoms with Crippen molar-refractivity contribution in [2.45, 2.75) is 32.7 Å². The molecule has 0 spiro atoms. The van der Waals surface area contributed by atoms with Crippen LogP contribution in [0.5, 0.6) is 0 Å². The highest BCUT2D eigenvalue weighted by molar-refractivity contribution is 5.73. The molecule has 0 saturated carbocycles. The molecule has 1 aromatic carbocycles. The van der Waals surface area contributed by atoms with E-state index in [4.69, 9.17) is 11.5 Å². The van der Waals surface area contributed by atoms with E-state index in [1.165, 1.54) is 5.56 Å². The Kier molecular flexibility index (Phi) is 6.22. The first kappa shape index (κ1) is 14.5. The van der Waals surface area contributed by atoms with Crippen molar-refractivity contribution in [1.82, 2.24) is 4.90 Å². The van der Waals surface area contributed by atoms with Gasteiger partial charge in [-0.25, -0.2) is 0 Å². The quantitative estimate of drug-likeness (QED) is 0.544. The van der Waals surface area contributed by atoms with Crippen LogP contribution >= 0.6 is 0 Å². The lowest BCUT2D eigenvalue weighted by atomic mass is 10.1. The van der Waals surface area contributed by atoms with Gasteiger partial charge in [0.15, 0.2) is 0 Å². The van der Waals surface area contributed by atoms with E-state index >= 15 is 0 Å². The minimum Gasteiger partial charge on any atom is -0.399 e. The van der Waals surface area contributed by atoms with Crippen LogP contribution in [0, 0.1) is 0 Å². The molecule has 100 valence electrons. The zero-order valence-corrected chi connectivity index (χ0v) is 11.1. The molecule has 1 rings (SSSR count). The maximum atomic E-state index is 10.6. The van der Waals surface area contributed by atoms with Crippen LogP contribution in [-0.4, -0.2) is 23.9 Å². The van der Waals surface area contributed by atoms with Gasteiger partial charge in [0.25, 0.3) is 0 Å². The van der Waals surface area contributed by atoms with Crippen molar-refractivity contribution in [2.24, 2.45) is 5.73 Å². The van der Waals surface area contributed by atoms with Gasteiger partial charge in [0.05, 0.1) is 0 Å². The van der Waals surface area contributed by atoms with Gasteiger partial charge >= 0.3 is 0 Å². The van der Waals surface area contributed by atoms with Gasteiger partial charge in [-0.3, -0.25) is 9.69 Å².